The molecular weight excluding hydrogens is 450 g/mol. The number of aryl methyl sites for hydroxylation is 1. The minimum absolute atomic E-state index is 0.0256. The molecule has 35 heavy (non-hydrogen) atoms. The van der Waals surface area contributed by atoms with Gasteiger partial charge in [0.2, 0.25) is 12.3 Å². The first-order valence-electron chi connectivity index (χ1n) is 11.2. The molecule has 3 amide bonds. The summed E-state index contributed by atoms with van der Waals surface area (Å²) < 4.78 is 10.6. The van der Waals surface area contributed by atoms with Crippen molar-refractivity contribution in [1.29, 1.82) is 5.26 Å². The molecule has 2 saturated heterocycles. The van der Waals surface area contributed by atoms with Crippen LogP contribution in [0.3, 0.4) is 0 Å². The number of fused-ring (bicyclic) bond motifs is 2. The number of hydrogen-bond acceptors (Lipinski definition) is 8. The number of carbonyl (C=O) groups is 3. The molecule has 0 spiro atoms. The smallest absolute Gasteiger partial charge is 0.253 e. The van der Waals surface area contributed by atoms with Crippen molar-refractivity contribution < 1.29 is 23.9 Å². The van der Waals surface area contributed by atoms with E-state index < -0.39 is 11.9 Å². The van der Waals surface area contributed by atoms with Gasteiger partial charge in [-0.25, -0.2) is 4.98 Å². The fourth-order valence-corrected chi connectivity index (χ4v) is 5.02. The Balaban J connectivity index is 1.54. The molecule has 10 nitrogen and oxygen atoms in total. The van der Waals surface area contributed by atoms with Gasteiger partial charge < -0.3 is 14.4 Å². The predicted octanol–water partition coefficient (Wildman–Crippen LogP) is 1.29. The third-order valence-corrected chi connectivity index (χ3v) is 6.87. The van der Waals surface area contributed by atoms with Crippen LogP contribution in [0.25, 0.3) is 0 Å². The molecule has 0 N–H and O–H groups in total. The molecule has 2 aliphatic heterocycles. The number of aromatic nitrogens is 1. The van der Waals surface area contributed by atoms with Gasteiger partial charge in [-0.05, 0) is 49.7 Å². The van der Waals surface area contributed by atoms with Gasteiger partial charge in [-0.3, -0.25) is 24.2 Å². The van der Waals surface area contributed by atoms with Gasteiger partial charge in [0.1, 0.15) is 17.8 Å². The molecule has 2 fully saturated rings. The number of piperazine rings is 1. The molecule has 2 bridgehead atoms. The quantitative estimate of drug-likeness (QED) is 0.548. The topological polar surface area (TPSA) is 116 Å². The molecular formula is C25H27N5O5. The fraction of sp³-hybridized carbons (Fsp3) is 0.400. The van der Waals surface area contributed by atoms with E-state index in [0.29, 0.717) is 42.1 Å². The summed E-state index contributed by atoms with van der Waals surface area (Å²) in [5, 5.41) is 9.12. The maximum Gasteiger partial charge on any atom is 0.253 e. The number of nitriles is 1. The minimum atomic E-state index is -0.663. The Morgan fingerprint density at radius 2 is 2.00 bits per heavy atom. The summed E-state index contributed by atoms with van der Waals surface area (Å²) in [5.74, 6) is 0.604. The van der Waals surface area contributed by atoms with E-state index in [1.165, 1.54) is 6.20 Å². The molecule has 2 unspecified atom stereocenters. The van der Waals surface area contributed by atoms with Crippen LogP contribution in [0.5, 0.6) is 11.5 Å². The molecule has 1 aromatic carbocycles. The van der Waals surface area contributed by atoms with Crippen LogP contribution in [0.1, 0.15) is 23.2 Å². The van der Waals surface area contributed by atoms with Crippen molar-refractivity contribution in [3.63, 3.8) is 0 Å². The molecule has 3 atom stereocenters. The second kappa shape index (κ2) is 9.72. The van der Waals surface area contributed by atoms with Gasteiger partial charge in [-0.15, -0.1) is 0 Å². The largest absolute Gasteiger partial charge is 0.493 e. The van der Waals surface area contributed by atoms with Gasteiger partial charge >= 0.3 is 0 Å². The van der Waals surface area contributed by atoms with Crippen molar-refractivity contribution in [2.24, 2.45) is 0 Å². The van der Waals surface area contributed by atoms with E-state index in [-0.39, 0.29) is 30.1 Å². The molecule has 3 heterocycles. The molecule has 10 heteroatoms. The van der Waals surface area contributed by atoms with Crippen LogP contribution >= 0.6 is 0 Å². The molecule has 0 saturated carbocycles. The molecule has 2 aromatic rings. The molecule has 182 valence electrons. The van der Waals surface area contributed by atoms with Crippen LogP contribution in [-0.2, 0) is 20.8 Å². The van der Waals surface area contributed by atoms with Gasteiger partial charge in [0.25, 0.3) is 5.91 Å². The number of pyridine rings is 1. The molecule has 2 aliphatic rings. The Kier molecular flexibility index (Phi) is 6.71. The number of methoxy groups -OCH3 is 2. The SMILES string of the molecule is COc1ccc(CC(=O)N2C[C@H]3CC2C(C(=O)N(C=O)c2cnc(C#N)c(C)c2)N3C)cc1OC. The number of ether oxygens (including phenoxy) is 2. The number of likely N-dealkylation sites (tertiary alicyclic amines) is 2. The third kappa shape index (κ3) is 4.31. The lowest BCUT2D eigenvalue weighted by atomic mass is 10.0. The highest BCUT2D eigenvalue weighted by Crippen LogP contribution is 2.37. The zero-order valence-electron chi connectivity index (χ0n) is 20.1. The zero-order valence-corrected chi connectivity index (χ0v) is 20.1. The number of amides is 3. The molecule has 0 aliphatic carbocycles. The number of nitrogens with zero attached hydrogens (tertiary/aromatic N) is 5. The maximum atomic E-state index is 13.5. The highest BCUT2D eigenvalue weighted by atomic mass is 16.5. The van der Waals surface area contributed by atoms with E-state index in [9.17, 15) is 14.4 Å². The molecule has 1 aromatic heterocycles. The van der Waals surface area contributed by atoms with Crippen molar-refractivity contribution in [1.82, 2.24) is 14.8 Å². The van der Waals surface area contributed by atoms with Gasteiger partial charge in [0.15, 0.2) is 11.5 Å². The summed E-state index contributed by atoms with van der Waals surface area (Å²) in [6.45, 7) is 2.22. The van der Waals surface area contributed by atoms with Crippen LogP contribution in [0, 0.1) is 18.3 Å². The maximum absolute atomic E-state index is 13.5. The van der Waals surface area contributed by atoms with Crippen LogP contribution in [0.15, 0.2) is 30.5 Å². The first kappa shape index (κ1) is 24.2. The Morgan fingerprint density at radius 3 is 2.60 bits per heavy atom. The van der Waals surface area contributed by atoms with E-state index in [1.807, 2.05) is 24.1 Å². The Labute approximate surface area is 203 Å². The van der Waals surface area contributed by atoms with Crippen LogP contribution in [0.2, 0.25) is 0 Å². The standard InChI is InChI=1S/C25H27N5O5/c1-15-7-17(12-27-19(15)11-26)30(14-31)25(33)24-20-10-18(28(24)2)13-29(20)23(32)9-16-5-6-21(34-3)22(8-16)35-4/h5-8,12,14,18,20,24H,9-10,13H2,1-4H3/t18-,20?,24?/m1/s1. The van der Waals surface area contributed by atoms with Gasteiger partial charge in [-0.1, -0.05) is 6.07 Å². The van der Waals surface area contributed by atoms with Crippen molar-refractivity contribution >= 4 is 23.9 Å². The minimum Gasteiger partial charge on any atom is -0.493 e. The number of rotatable bonds is 7. The third-order valence-electron chi connectivity index (χ3n) is 6.87. The van der Waals surface area contributed by atoms with Crippen molar-refractivity contribution in [2.45, 2.75) is 37.9 Å². The highest BCUT2D eigenvalue weighted by Gasteiger charge is 2.54. The monoisotopic (exact) mass is 477 g/mol. The summed E-state index contributed by atoms with van der Waals surface area (Å²) in [7, 11) is 4.93. The zero-order chi connectivity index (χ0) is 25.3. The average molecular weight is 478 g/mol. The lowest BCUT2D eigenvalue weighted by molar-refractivity contribution is -0.137. The Hall–Kier alpha value is -3.97. The van der Waals surface area contributed by atoms with Crippen LogP contribution < -0.4 is 14.4 Å². The summed E-state index contributed by atoms with van der Waals surface area (Å²) >= 11 is 0. The Morgan fingerprint density at radius 1 is 1.26 bits per heavy atom. The van der Waals surface area contributed by atoms with Crippen molar-refractivity contribution in [2.75, 3.05) is 32.7 Å². The first-order chi connectivity index (χ1) is 16.8. The lowest BCUT2D eigenvalue weighted by Crippen LogP contribution is -2.59. The fourth-order valence-electron chi connectivity index (χ4n) is 5.02. The predicted molar refractivity (Wildman–Crippen MR) is 126 cm³/mol. The number of anilines is 1. The second-order valence-electron chi connectivity index (χ2n) is 8.76. The van der Waals surface area contributed by atoms with E-state index in [4.69, 9.17) is 14.7 Å². The number of likely N-dealkylation sites (N-methyl/N-ethyl adjacent to an activating group) is 1. The average Bonchev–Trinajstić information content (AvgIpc) is 3.43. The van der Waals surface area contributed by atoms with Crippen LogP contribution in [-0.4, -0.2) is 78.9 Å². The number of hydrogen-bond donors (Lipinski definition) is 0. The number of benzene rings is 1. The summed E-state index contributed by atoms with van der Waals surface area (Å²) in [5.41, 5.74) is 1.87. The van der Waals surface area contributed by atoms with Gasteiger partial charge in [0, 0.05) is 12.6 Å². The van der Waals surface area contributed by atoms with Crippen molar-refractivity contribution in [3.05, 3.63) is 47.3 Å². The van der Waals surface area contributed by atoms with Gasteiger partial charge in [0.05, 0.1) is 38.6 Å². The highest BCUT2D eigenvalue weighted by molar-refractivity contribution is 6.10. The summed E-state index contributed by atoms with van der Waals surface area (Å²) in [6.07, 6.45) is 2.61. The normalized spacial score (nSPS) is 20.9. The van der Waals surface area contributed by atoms with E-state index in [1.54, 1.807) is 44.2 Å². The molecule has 4 rings (SSSR count). The lowest BCUT2D eigenvalue weighted by Gasteiger charge is -2.39. The summed E-state index contributed by atoms with van der Waals surface area (Å²) in [6, 6.07) is 7.92. The first-order valence-corrected chi connectivity index (χ1v) is 11.2. The molecule has 0 radical (unpaired) electrons. The van der Waals surface area contributed by atoms with Gasteiger partial charge in [-0.2, -0.15) is 5.26 Å². The van der Waals surface area contributed by atoms with Crippen LogP contribution in [0.4, 0.5) is 5.69 Å². The summed E-state index contributed by atoms with van der Waals surface area (Å²) in [4.78, 5) is 47.5. The number of carbonyl (C=O) groups excluding carboxylic acids is 3. The Bertz CT molecular complexity index is 1210. The van der Waals surface area contributed by atoms with Crippen molar-refractivity contribution in [3.8, 4) is 17.6 Å². The number of imide groups is 1. The van der Waals surface area contributed by atoms with E-state index >= 15 is 0 Å². The van der Waals surface area contributed by atoms with E-state index in [2.05, 4.69) is 4.98 Å². The van der Waals surface area contributed by atoms with E-state index in [0.717, 1.165) is 10.5 Å². The second-order valence-corrected chi connectivity index (χ2v) is 8.76.